The summed E-state index contributed by atoms with van der Waals surface area (Å²) in [5, 5.41) is 0.246. The number of carbonyl (C=O) groups is 1. The lowest BCUT2D eigenvalue weighted by Gasteiger charge is -2.28. The van der Waals surface area contributed by atoms with Gasteiger partial charge in [0.25, 0.3) is 0 Å². The third-order valence-corrected chi connectivity index (χ3v) is 3.65. The molecule has 0 unspecified atom stereocenters. The predicted octanol–water partition coefficient (Wildman–Crippen LogP) is 1.80. The number of nitrogens with zero attached hydrogens (tertiary/aromatic N) is 3. The highest BCUT2D eigenvalue weighted by Gasteiger charge is 2.19. The van der Waals surface area contributed by atoms with Crippen LogP contribution in [0.5, 0.6) is 0 Å². The number of aromatic nitrogens is 2. The molecular formula is C10H12ClN3OS. The Balaban J connectivity index is 2.40. The Bertz CT molecular complexity index is 407. The molecular weight excluding hydrogens is 246 g/mol. The van der Waals surface area contributed by atoms with Crippen LogP contribution in [-0.2, 0) is 0 Å². The fourth-order valence-corrected chi connectivity index (χ4v) is 2.81. The maximum absolute atomic E-state index is 11.0. The van der Waals surface area contributed by atoms with Gasteiger partial charge in [-0.15, -0.1) is 0 Å². The lowest BCUT2D eigenvalue weighted by molar-refractivity contribution is 0.112. The second kappa shape index (κ2) is 5.01. The fourth-order valence-electron chi connectivity index (χ4n) is 1.65. The minimum Gasteiger partial charge on any atom is -0.354 e. The average molecular weight is 258 g/mol. The quantitative estimate of drug-likeness (QED) is 0.597. The monoisotopic (exact) mass is 257 g/mol. The minimum atomic E-state index is 0.246. The highest BCUT2D eigenvalue weighted by molar-refractivity contribution is 7.99. The van der Waals surface area contributed by atoms with Gasteiger partial charge in [0.2, 0.25) is 0 Å². The minimum absolute atomic E-state index is 0.246. The van der Waals surface area contributed by atoms with E-state index in [2.05, 4.69) is 14.9 Å². The van der Waals surface area contributed by atoms with Crippen molar-refractivity contribution in [3.63, 3.8) is 0 Å². The standard InChI is InChI=1S/C10H12ClN3OS/c1-7-12-9(11)8(6-15)10(13-7)14-2-4-16-5-3-14/h6H,2-5H2,1H3. The number of carbonyl (C=O) groups excluding carboxylic acids is 1. The third kappa shape index (κ3) is 2.30. The largest absolute Gasteiger partial charge is 0.354 e. The predicted molar refractivity (Wildman–Crippen MR) is 66.7 cm³/mol. The van der Waals surface area contributed by atoms with Crippen molar-refractivity contribution in [1.29, 1.82) is 0 Å². The fraction of sp³-hybridized carbons (Fsp3) is 0.500. The van der Waals surface area contributed by atoms with Crippen molar-refractivity contribution in [3.05, 3.63) is 16.5 Å². The van der Waals surface area contributed by atoms with E-state index in [1.165, 1.54) is 0 Å². The summed E-state index contributed by atoms with van der Waals surface area (Å²) in [6.07, 6.45) is 0.735. The zero-order valence-electron chi connectivity index (χ0n) is 8.94. The maximum atomic E-state index is 11.0. The SMILES string of the molecule is Cc1nc(Cl)c(C=O)c(N2CCSCC2)n1. The molecule has 0 spiro atoms. The Morgan fingerprint density at radius 1 is 1.38 bits per heavy atom. The topological polar surface area (TPSA) is 46.1 Å². The molecule has 1 aliphatic rings. The van der Waals surface area contributed by atoms with E-state index in [0.29, 0.717) is 17.2 Å². The van der Waals surface area contributed by atoms with Crippen LogP contribution in [0.4, 0.5) is 5.82 Å². The summed E-state index contributed by atoms with van der Waals surface area (Å²) in [6.45, 7) is 3.58. The first kappa shape index (κ1) is 11.7. The van der Waals surface area contributed by atoms with Crippen LogP contribution < -0.4 is 4.90 Å². The van der Waals surface area contributed by atoms with E-state index >= 15 is 0 Å². The van der Waals surface area contributed by atoms with Crippen molar-refractivity contribution in [3.8, 4) is 0 Å². The van der Waals surface area contributed by atoms with E-state index in [-0.39, 0.29) is 5.15 Å². The van der Waals surface area contributed by atoms with Crippen molar-refractivity contribution >= 4 is 35.5 Å². The highest BCUT2D eigenvalue weighted by atomic mass is 35.5. The lowest BCUT2D eigenvalue weighted by atomic mass is 10.3. The van der Waals surface area contributed by atoms with Gasteiger partial charge in [-0.05, 0) is 6.92 Å². The zero-order chi connectivity index (χ0) is 11.5. The van der Waals surface area contributed by atoms with E-state index in [1.807, 2.05) is 11.8 Å². The number of halogens is 1. The molecule has 2 heterocycles. The van der Waals surface area contributed by atoms with E-state index in [4.69, 9.17) is 11.6 Å². The van der Waals surface area contributed by atoms with Gasteiger partial charge in [0, 0.05) is 24.6 Å². The molecule has 1 aliphatic heterocycles. The molecule has 16 heavy (non-hydrogen) atoms. The molecule has 0 N–H and O–H groups in total. The lowest BCUT2D eigenvalue weighted by Crippen LogP contribution is -2.34. The molecule has 1 aromatic heterocycles. The third-order valence-electron chi connectivity index (χ3n) is 2.42. The van der Waals surface area contributed by atoms with Gasteiger partial charge in [0.1, 0.15) is 16.8 Å². The molecule has 4 nitrogen and oxygen atoms in total. The van der Waals surface area contributed by atoms with Gasteiger partial charge in [0.15, 0.2) is 6.29 Å². The van der Waals surface area contributed by atoms with Gasteiger partial charge in [0.05, 0.1) is 5.56 Å². The van der Waals surface area contributed by atoms with Gasteiger partial charge in [-0.1, -0.05) is 11.6 Å². The van der Waals surface area contributed by atoms with Crippen LogP contribution in [0.3, 0.4) is 0 Å². The maximum Gasteiger partial charge on any atom is 0.156 e. The number of aryl methyl sites for hydroxylation is 1. The second-order valence-corrected chi connectivity index (χ2v) is 5.10. The second-order valence-electron chi connectivity index (χ2n) is 3.52. The van der Waals surface area contributed by atoms with Gasteiger partial charge in [-0.3, -0.25) is 4.79 Å². The Kier molecular flexibility index (Phi) is 3.66. The molecule has 0 atom stereocenters. The molecule has 0 saturated carbocycles. The molecule has 2 rings (SSSR count). The summed E-state index contributed by atoms with van der Waals surface area (Å²) >= 11 is 7.85. The molecule has 0 radical (unpaired) electrons. The van der Waals surface area contributed by atoms with E-state index in [1.54, 1.807) is 6.92 Å². The number of rotatable bonds is 2. The molecule has 6 heteroatoms. The Morgan fingerprint density at radius 3 is 2.69 bits per heavy atom. The summed E-state index contributed by atoms with van der Waals surface area (Å²) in [7, 11) is 0. The summed E-state index contributed by atoms with van der Waals surface area (Å²) in [5.41, 5.74) is 0.402. The van der Waals surface area contributed by atoms with Gasteiger partial charge in [-0.2, -0.15) is 11.8 Å². The normalized spacial score (nSPS) is 16.2. The number of thioether (sulfide) groups is 1. The van der Waals surface area contributed by atoms with E-state index < -0.39 is 0 Å². The van der Waals surface area contributed by atoms with Crippen LogP contribution >= 0.6 is 23.4 Å². The van der Waals surface area contributed by atoms with Crippen molar-refractivity contribution < 1.29 is 4.79 Å². The van der Waals surface area contributed by atoms with Gasteiger partial charge >= 0.3 is 0 Å². The van der Waals surface area contributed by atoms with Crippen molar-refractivity contribution in [1.82, 2.24) is 9.97 Å². The first-order valence-electron chi connectivity index (χ1n) is 5.04. The van der Waals surface area contributed by atoms with Crippen LogP contribution in [-0.4, -0.2) is 40.8 Å². The van der Waals surface area contributed by atoms with Crippen LogP contribution in [0.2, 0.25) is 5.15 Å². The van der Waals surface area contributed by atoms with Crippen LogP contribution in [0.25, 0.3) is 0 Å². The molecule has 0 amide bonds. The number of aldehydes is 1. The number of anilines is 1. The molecule has 1 aromatic rings. The Morgan fingerprint density at radius 2 is 2.06 bits per heavy atom. The van der Waals surface area contributed by atoms with Crippen LogP contribution in [0.1, 0.15) is 16.2 Å². The average Bonchev–Trinajstić information content (AvgIpc) is 2.29. The first-order valence-corrected chi connectivity index (χ1v) is 6.57. The summed E-state index contributed by atoms with van der Waals surface area (Å²) in [5.74, 6) is 3.38. The Hall–Kier alpha value is -0.810. The molecule has 86 valence electrons. The summed E-state index contributed by atoms with van der Waals surface area (Å²) in [6, 6.07) is 0. The molecule has 0 aliphatic carbocycles. The zero-order valence-corrected chi connectivity index (χ0v) is 10.5. The molecule has 0 bridgehead atoms. The van der Waals surface area contributed by atoms with Gasteiger partial charge < -0.3 is 4.90 Å². The van der Waals surface area contributed by atoms with Crippen LogP contribution in [0.15, 0.2) is 0 Å². The van der Waals surface area contributed by atoms with Crippen molar-refractivity contribution in [2.24, 2.45) is 0 Å². The number of hydrogen-bond donors (Lipinski definition) is 0. The highest BCUT2D eigenvalue weighted by Crippen LogP contribution is 2.24. The summed E-state index contributed by atoms with van der Waals surface area (Å²) < 4.78 is 0. The van der Waals surface area contributed by atoms with E-state index in [9.17, 15) is 4.79 Å². The number of hydrogen-bond acceptors (Lipinski definition) is 5. The first-order chi connectivity index (χ1) is 7.72. The molecule has 0 aromatic carbocycles. The van der Waals surface area contributed by atoms with Crippen molar-refractivity contribution in [2.45, 2.75) is 6.92 Å². The molecule has 1 saturated heterocycles. The summed E-state index contributed by atoms with van der Waals surface area (Å²) in [4.78, 5) is 21.4. The van der Waals surface area contributed by atoms with Crippen LogP contribution in [0, 0.1) is 6.92 Å². The smallest absolute Gasteiger partial charge is 0.156 e. The van der Waals surface area contributed by atoms with E-state index in [0.717, 1.165) is 30.9 Å². The Labute approximate surface area is 103 Å². The molecule has 1 fully saturated rings. The van der Waals surface area contributed by atoms with Crippen molar-refractivity contribution in [2.75, 3.05) is 29.5 Å². The van der Waals surface area contributed by atoms with Gasteiger partial charge in [-0.25, -0.2) is 9.97 Å².